The van der Waals surface area contributed by atoms with Gasteiger partial charge >= 0.3 is 0 Å². The van der Waals surface area contributed by atoms with Gasteiger partial charge in [0.05, 0.1) is 22.2 Å². The Hall–Kier alpha value is -9.85. The van der Waals surface area contributed by atoms with Gasteiger partial charge in [0, 0.05) is 49.9 Å². The number of nitrogens with one attached hydrogen (secondary N) is 1. The number of nitrogens with zero attached hydrogens (tertiary/aromatic N) is 6. The van der Waals surface area contributed by atoms with E-state index >= 15 is 0 Å². The number of anilines is 3. The number of benzene rings is 10. The van der Waals surface area contributed by atoms with Gasteiger partial charge in [-0.1, -0.05) is 194 Å². The fourth-order valence-corrected chi connectivity index (χ4v) is 10.9. The average molecular weight is 936 g/mol. The lowest BCUT2D eigenvalue weighted by Crippen LogP contribution is -2.24. The molecule has 7 heteroatoms. The van der Waals surface area contributed by atoms with Gasteiger partial charge in [-0.15, -0.1) is 0 Å². The normalized spacial score (nSPS) is 13.2. The molecule has 1 atom stereocenters. The molecule has 0 fully saturated rings. The van der Waals surface area contributed by atoms with E-state index in [0.717, 1.165) is 84.1 Å². The number of fused-ring (bicyclic) bond motifs is 7. The van der Waals surface area contributed by atoms with Gasteiger partial charge in [0.25, 0.3) is 0 Å². The second kappa shape index (κ2) is 17.5. The molecule has 344 valence electrons. The smallest absolute Gasteiger partial charge is 0.164 e. The first-order chi connectivity index (χ1) is 36.2. The first kappa shape index (κ1) is 42.1. The van der Waals surface area contributed by atoms with Crippen molar-refractivity contribution in [2.45, 2.75) is 6.17 Å². The maximum absolute atomic E-state index is 5.30. The Morgan fingerprint density at radius 2 is 0.753 bits per heavy atom. The van der Waals surface area contributed by atoms with E-state index in [0.29, 0.717) is 17.5 Å². The first-order valence-electron chi connectivity index (χ1n) is 24.7. The summed E-state index contributed by atoms with van der Waals surface area (Å²) < 4.78 is 4.80. The predicted octanol–water partition coefficient (Wildman–Crippen LogP) is 16.5. The monoisotopic (exact) mass is 935 g/mol. The van der Waals surface area contributed by atoms with E-state index in [1.165, 1.54) is 21.7 Å². The zero-order chi connectivity index (χ0) is 48.2. The predicted molar refractivity (Wildman–Crippen MR) is 300 cm³/mol. The van der Waals surface area contributed by atoms with Gasteiger partial charge in [0.1, 0.15) is 12.0 Å². The van der Waals surface area contributed by atoms with Gasteiger partial charge in [-0.25, -0.2) is 15.0 Å². The van der Waals surface area contributed by atoms with Crippen LogP contribution in [0.4, 0.5) is 17.2 Å². The van der Waals surface area contributed by atoms with Crippen LogP contribution in [0.1, 0.15) is 11.7 Å². The van der Waals surface area contributed by atoms with Gasteiger partial charge in [0.2, 0.25) is 0 Å². The van der Waals surface area contributed by atoms with Crippen LogP contribution < -0.4 is 10.2 Å². The number of rotatable bonds is 9. The SMILES string of the molecule is c1ccc(-c2cccc(-c3nc(-c4cccc(-c5ccccc5)c4)nc(-c4cccc(-n5c6ccccc6c6c7c8c(n(-c9ccccc9)c7ccc65)NC(c5ccccc5)N8c5ccccc5)c4)n3)c2)cc1. The molecule has 0 aliphatic carbocycles. The van der Waals surface area contributed by atoms with Gasteiger partial charge < -0.3 is 14.8 Å². The van der Waals surface area contributed by atoms with E-state index < -0.39 is 0 Å². The minimum absolute atomic E-state index is 0.148. The second-order valence-electron chi connectivity index (χ2n) is 18.5. The number of para-hydroxylation sites is 3. The molecule has 3 aromatic heterocycles. The molecule has 0 bridgehead atoms. The Morgan fingerprint density at radius 1 is 0.315 bits per heavy atom. The fraction of sp³-hybridized carbons (Fsp3) is 0.0152. The largest absolute Gasteiger partial charge is 0.345 e. The second-order valence-corrected chi connectivity index (χ2v) is 18.5. The molecule has 1 aliphatic rings. The van der Waals surface area contributed by atoms with Crippen LogP contribution in [-0.4, -0.2) is 24.1 Å². The van der Waals surface area contributed by atoms with Crippen LogP contribution in [-0.2, 0) is 0 Å². The molecular formula is C66H45N7. The standard InChI is InChI=1S/C66H45N7/c1-6-21-44(22-7-1)47-27-18-29-49(41-47)62-67-63(50-30-19-28-48(42-50)45-23-8-2-9-24-45)69-64(68-62)51-31-20-36-54(43-51)71-56-38-17-16-37-55(56)59-57(71)39-40-58-60(59)61-66(72(58)52-32-12-4-13-33-52)70-65(46-25-10-3-11-26-46)73(61)53-34-14-5-15-35-53/h1-43,65,70H. The van der Waals surface area contributed by atoms with Crippen molar-refractivity contribution >= 4 is 49.9 Å². The lowest BCUT2D eigenvalue weighted by Gasteiger charge is -2.28. The van der Waals surface area contributed by atoms with Crippen LogP contribution in [0.5, 0.6) is 0 Å². The molecule has 0 saturated heterocycles. The molecule has 0 spiro atoms. The summed E-state index contributed by atoms with van der Waals surface area (Å²) in [6, 6.07) is 92.1. The highest BCUT2D eigenvalue weighted by molar-refractivity contribution is 6.27. The van der Waals surface area contributed by atoms with Crippen molar-refractivity contribution in [2.24, 2.45) is 0 Å². The Balaban J connectivity index is 0.979. The van der Waals surface area contributed by atoms with Crippen LogP contribution in [0, 0.1) is 0 Å². The van der Waals surface area contributed by atoms with Crippen molar-refractivity contribution in [2.75, 3.05) is 10.2 Å². The third-order valence-electron chi connectivity index (χ3n) is 14.1. The lowest BCUT2D eigenvalue weighted by atomic mass is 10.0. The molecule has 10 aromatic carbocycles. The van der Waals surface area contributed by atoms with E-state index in [2.05, 4.69) is 268 Å². The third-order valence-corrected chi connectivity index (χ3v) is 14.1. The van der Waals surface area contributed by atoms with E-state index in [4.69, 9.17) is 15.0 Å². The summed E-state index contributed by atoms with van der Waals surface area (Å²) in [5.41, 5.74) is 16.0. The Bertz CT molecular complexity index is 4070. The van der Waals surface area contributed by atoms with Gasteiger partial charge in [-0.05, 0) is 94.5 Å². The van der Waals surface area contributed by atoms with Gasteiger partial charge in [0.15, 0.2) is 17.5 Å². The molecule has 14 rings (SSSR count). The molecule has 0 saturated carbocycles. The van der Waals surface area contributed by atoms with E-state index in [-0.39, 0.29) is 6.17 Å². The summed E-state index contributed by atoms with van der Waals surface area (Å²) in [5, 5.41) is 7.58. The maximum Gasteiger partial charge on any atom is 0.164 e. The van der Waals surface area contributed by atoms with Crippen molar-refractivity contribution in [3.05, 3.63) is 266 Å². The zero-order valence-corrected chi connectivity index (χ0v) is 39.6. The average Bonchev–Trinajstić information content (AvgIpc) is 4.14. The topological polar surface area (TPSA) is 63.8 Å². The van der Waals surface area contributed by atoms with Gasteiger partial charge in [-0.3, -0.25) is 4.57 Å². The zero-order valence-electron chi connectivity index (χ0n) is 39.6. The van der Waals surface area contributed by atoms with Crippen LogP contribution in [0.3, 0.4) is 0 Å². The minimum atomic E-state index is -0.148. The summed E-state index contributed by atoms with van der Waals surface area (Å²) in [6.07, 6.45) is -0.148. The summed E-state index contributed by atoms with van der Waals surface area (Å²) in [5.74, 6) is 2.86. The summed E-state index contributed by atoms with van der Waals surface area (Å²) in [6.45, 7) is 0. The van der Waals surface area contributed by atoms with E-state index in [9.17, 15) is 0 Å². The summed E-state index contributed by atoms with van der Waals surface area (Å²) in [7, 11) is 0. The molecule has 1 unspecified atom stereocenters. The lowest BCUT2D eigenvalue weighted by molar-refractivity contribution is 0.824. The quantitative estimate of drug-likeness (QED) is 0.156. The highest BCUT2D eigenvalue weighted by Gasteiger charge is 2.38. The molecule has 0 radical (unpaired) electrons. The van der Waals surface area contributed by atoms with Crippen LogP contribution in [0.2, 0.25) is 0 Å². The third kappa shape index (κ3) is 7.25. The molecule has 4 heterocycles. The highest BCUT2D eigenvalue weighted by atomic mass is 15.4. The van der Waals surface area contributed by atoms with Crippen LogP contribution in [0.25, 0.3) is 101 Å². The molecule has 1 aliphatic heterocycles. The fourth-order valence-electron chi connectivity index (χ4n) is 10.9. The Morgan fingerprint density at radius 3 is 1.34 bits per heavy atom. The molecule has 13 aromatic rings. The van der Waals surface area contributed by atoms with E-state index in [1.54, 1.807) is 0 Å². The summed E-state index contributed by atoms with van der Waals surface area (Å²) in [4.78, 5) is 18.3. The number of aromatic nitrogens is 5. The van der Waals surface area contributed by atoms with Crippen LogP contribution >= 0.6 is 0 Å². The van der Waals surface area contributed by atoms with Gasteiger partial charge in [-0.2, -0.15) is 0 Å². The van der Waals surface area contributed by atoms with Crippen molar-refractivity contribution in [3.8, 4) is 67.8 Å². The minimum Gasteiger partial charge on any atom is -0.345 e. The Kier molecular flexibility index (Phi) is 10.1. The number of hydrogen-bond acceptors (Lipinski definition) is 5. The maximum atomic E-state index is 5.30. The van der Waals surface area contributed by atoms with Crippen molar-refractivity contribution in [3.63, 3.8) is 0 Å². The van der Waals surface area contributed by atoms with Crippen molar-refractivity contribution < 1.29 is 0 Å². The molecular weight excluding hydrogens is 891 g/mol. The number of hydrogen-bond donors (Lipinski definition) is 1. The Labute approximate surface area is 422 Å². The highest BCUT2D eigenvalue weighted by Crippen LogP contribution is 2.55. The molecule has 7 nitrogen and oxygen atoms in total. The summed E-state index contributed by atoms with van der Waals surface area (Å²) >= 11 is 0. The first-order valence-corrected chi connectivity index (χ1v) is 24.7. The van der Waals surface area contributed by atoms with Crippen molar-refractivity contribution in [1.29, 1.82) is 0 Å². The molecule has 0 amide bonds. The van der Waals surface area contributed by atoms with E-state index in [1.807, 2.05) is 12.1 Å². The molecule has 73 heavy (non-hydrogen) atoms. The van der Waals surface area contributed by atoms with Crippen molar-refractivity contribution in [1.82, 2.24) is 24.1 Å². The van der Waals surface area contributed by atoms with Crippen LogP contribution in [0.15, 0.2) is 261 Å². The molecule has 1 N–H and O–H groups in total.